The Morgan fingerprint density at radius 1 is 0.364 bits per heavy atom. The molecule has 1 aromatic carbocycles. The minimum Gasteiger partial charge on any atom is -0.222 e. The second-order valence-corrected chi connectivity index (χ2v) is 18.2. The van der Waals surface area contributed by atoms with Crippen LogP contribution in [0.4, 0.5) is 0 Å². The van der Waals surface area contributed by atoms with E-state index in [2.05, 4.69) is 132 Å². The molecule has 8 nitrogen and oxygen atoms in total. The zero-order valence-electron chi connectivity index (χ0n) is 27.5. The third-order valence-corrected chi connectivity index (χ3v) is 9.90. The van der Waals surface area contributed by atoms with Crippen molar-refractivity contribution in [3.05, 3.63) is 68.0 Å². The second kappa shape index (κ2) is 14.6. The fourth-order valence-electron chi connectivity index (χ4n) is 3.67. The molecule has 0 aliphatic rings. The average Bonchev–Trinajstić information content (AvgIpc) is 2.79. The topological polar surface area (TPSA) is 184 Å². The van der Waals surface area contributed by atoms with Crippen molar-refractivity contribution >= 4 is 22.7 Å². The van der Waals surface area contributed by atoms with Crippen molar-refractivity contribution in [2.24, 2.45) is 0 Å². The van der Waals surface area contributed by atoms with Crippen LogP contribution in [0.1, 0.15) is 103 Å². The van der Waals surface area contributed by atoms with Crippen molar-refractivity contribution in [3.63, 3.8) is 0 Å². The lowest BCUT2D eigenvalue weighted by atomic mass is 9.89. The van der Waals surface area contributed by atoms with Crippen LogP contribution in [0.3, 0.4) is 0 Å². The van der Waals surface area contributed by atoms with Gasteiger partial charge in [-0.25, -0.2) is 37.3 Å². The van der Waals surface area contributed by atoms with Gasteiger partial charge in [-0.05, 0) is 22.3 Å². The molecular weight excluding hydrogens is 647 g/mol. The van der Waals surface area contributed by atoms with Crippen LogP contribution >= 0.6 is 22.7 Å². The van der Waals surface area contributed by atoms with Crippen molar-refractivity contribution in [1.82, 2.24) is 0 Å². The minimum absolute atomic E-state index is 0.137. The molecule has 246 valence electrons. The van der Waals surface area contributed by atoms with Crippen LogP contribution in [0, 0.1) is 20.5 Å². The van der Waals surface area contributed by atoms with Gasteiger partial charge in [-0.15, -0.1) is 20.5 Å². The van der Waals surface area contributed by atoms with Gasteiger partial charge in [0.05, 0.1) is 0 Å². The first-order chi connectivity index (χ1) is 19.4. The van der Waals surface area contributed by atoms with Gasteiger partial charge in [0.1, 0.15) is 0 Å². The normalized spacial score (nSPS) is 13.0. The van der Waals surface area contributed by atoms with Gasteiger partial charge in [-0.2, -0.15) is 0 Å². The molecule has 0 radical (unpaired) electrons. The standard InChI is InChI=1S/C32H44S2.2ClHO4/c1-29(2,3)25-17-23(18-26(33-25)30(4,5)6)21-13-15-22(16-14-21)24-19-27(31(7,8)9)34-28(20-24)32(10,11)12;2*2-1(3,4)5/h13-20H,1-12H3;2*(H,2,3,4,5)/q+2;;/p-2. The Kier molecular flexibility index (Phi) is 13.5. The van der Waals surface area contributed by atoms with Gasteiger partial charge < -0.3 is 0 Å². The van der Waals surface area contributed by atoms with E-state index in [1.165, 1.54) is 41.8 Å². The molecule has 2 heterocycles. The molecule has 3 rings (SSSR count). The molecule has 12 heteroatoms. The summed E-state index contributed by atoms with van der Waals surface area (Å²) >= 11 is 3.91. The van der Waals surface area contributed by atoms with Crippen LogP contribution in [0.15, 0.2) is 48.5 Å². The Morgan fingerprint density at radius 2 is 0.523 bits per heavy atom. The summed E-state index contributed by atoms with van der Waals surface area (Å²) in [5.74, 6) is 0. The first kappa shape index (κ1) is 40.6. The number of hydrogen-bond donors (Lipinski definition) is 0. The smallest absolute Gasteiger partial charge is 0.219 e. The van der Waals surface area contributed by atoms with Crippen molar-refractivity contribution in [1.29, 1.82) is 0 Å². The van der Waals surface area contributed by atoms with Crippen molar-refractivity contribution in [3.8, 4) is 22.3 Å². The summed E-state index contributed by atoms with van der Waals surface area (Å²) in [4.78, 5) is 5.75. The zero-order valence-corrected chi connectivity index (χ0v) is 30.6. The van der Waals surface area contributed by atoms with E-state index in [1.807, 2.05) is 22.7 Å². The van der Waals surface area contributed by atoms with E-state index in [9.17, 15) is 0 Å². The van der Waals surface area contributed by atoms with Crippen LogP contribution in [0.25, 0.3) is 22.3 Å². The van der Waals surface area contributed by atoms with Crippen LogP contribution in [-0.4, -0.2) is 0 Å². The fraction of sp³-hybridized carbons (Fsp3) is 0.500. The minimum atomic E-state index is -4.94. The third-order valence-electron chi connectivity index (χ3n) is 6.09. The SMILES string of the molecule is CC(C)(C)c1cc(-c2ccc(-c3cc(C(C)(C)C)[s+]c(C(C)(C)C)c3)cc2)cc(C(C)(C)C)[s+]1.[O-][Cl+3]([O-])([O-])[O-].[O-][Cl+3]([O-])([O-])[O-]. The van der Waals surface area contributed by atoms with Crippen molar-refractivity contribution in [2.75, 3.05) is 0 Å². The molecule has 3 aromatic rings. The first-order valence-corrected chi connectivity index (χ1v) is 17.8. The highest BCUT2D eigenvalue weighted by atomic mass is 35.7. The quantitative estimate of drug-likeness (QED) is 0.361. The zero-order chi connectivity index (χ0) is 34.7. The summed E-state index contributed by atoms with van der Waals surface area (Å²) in [5, 5.41) is 0. The molecule has 0 spiro atoms. The molecular formula is C32H44Cl2O8S2. The molecule has 2 aromatic heterocycles. The Hall–Kier alpha value is -1.38. The molecule has 0 aliphatic heterocycles. The summed E-state index contributed by atoms with van der Waals surface area (Å²) in [6.45, 7) is 27.8. The summed E-state index contributed by atoms with van der Waals surface area (Å²) in [5.41, 5.74) is 5.77. The number of benzene rings is 1. The van der Waals surface area contributed by atoms with Crippen LogP contribution in [-0.2, 0) is 21.7 Å². The van der Waals surface area contributed by atoms with Gasteiger partial charge >= 0.3 is 0 Å². The van der Waals surface area contributed by atoms with Crippen LogP contribution in [0.2, 0.25) is 0 Å². The number of halogens is 2. The van der Waals surface area contributed by atoms with Crippen molar-refractivity contribution < 1.29 is 57.8 Å². The second-order valence-electron chi connectivity index (χ2n) is 14.5. The van der Waals surface area contributed by atoms with Crippen LogP contribution < -0.4 is 37.3 Å². The summed E-state index contributed by atoms with van der Waals surface area (Å²) < 4.78 is 67.9. The Labute approximate surface area is 274 Å². The molecule has 0 fully saturated rings. The largest absolute Gasteiger partial charge is 0.222 e. The maximum absolute atomic E-state index is 8.49. The average molecular weight is 692 g/mol. The van der Waals surface area contributed by atoms with Gasteiger partial charge in [0.25, 0.3) is 0 Å². The third kappa shape index (κ3) is 15.3. The maximum atomic E-state index is 8.49. The number of rotatable bonds is 2. The molecule has 0 saturated heterocycles. The van der Waals surface area contributed by atoms with E-state index in [1.54, 1.807) is 0 Å². The van der Waals surface area contributed by atoms with Gasteiger partial charge in [0, 0.05) is 45.9 Å². The van der Waals surface area contributed by atoms with E-state index in [4.69, 9.17) is 37.3 Å². The predicted molar refractivity (Wildman–Crippen MR) is 157 cm³/mol. The summed E-state index contributed by atoms with van der Waals surface area (Å²) in [7, 11) is -9.89. The van der Waals surface area contributed by atoms with E-state index in [0.717, 1.165) is 0 Å². The Morgan fingerprint density at radius 3 is 0.659 bits per heavy atom. The van der Waals surface area contributed by atoms with E-state index in [0.29, 0.717) is 0 Å². The molecule has 0 saturated carbocycles. The molecule has 0 N–H and O–H groups in total. The molecule has 44 heavy (non-hydrogen) atoms. The van der Waals surface area contributed by atoms with Gasteiger partial charge in [-0.1, -0.05) is 107 Å². The van der Waals surface area contributed by atoms with E-state index in [-0.39, 0.29) is 21.7 Å². The lowest BCUT2D eigenvalue weighted by Crippen LogP contribution is -2.68. The predicted octanol–water partition coefficient (Wildman–Crippen LogP) is 1.38. The lowest BCUT2D eigenvalue weighted by Gasteiger charge is -2.17. The van der Waals surface area contributed by atoms with Crippen LogP contribution in [0.5, 0.6) is 0 Å². The van der Waals surface area contributed by atoms with E-state index < -0.39 is 20.5 Å². The Balaban J connectivity index is 0.000000837. The monoisotopic (exact) mass is 690 g/mol. The fourth-order valence-corrected chi connectivity index (χ4v) is 6.11. The highest BCUT2D eigenvalue weighted by Gasteiger charge is 2.33. The highest BCUT2D eigenvalue weighted by molar-refractivity contribution is 7.12. The molecule has 0 atom stereocenters. The highest BCUT2D eigenvalue weighted by Crippen LogP contribution is 2.40. The molecule has 0 aliphatic carbocycles. The Bertz CT molecular complexity index is 1190. The van der Waals surface area contributed by atoms with Gasteiger partial charge in [0.15, 0.2) is 0 Å². The van der Waals surface area contributed by atoms with Gasteiger partial charge in [0.2, 0.25) is 42.2 Å². The molecule has 0 bridgehead atoms. The first-order valence-electron chi connectivity index (χ1n) is 13.7. The molecule has 0 unspecified atom stereocenters. The van der Waals surface area contributed by atoms with Crippen molar-refractivity contribution in [2.45, 2.75) is 105 Å². The molecule has 0 amide bonds. The number of hydrogen-bond acceptors (Lipinski definition) is 8. The summed E-state index contributed by atoms with van der Waals surface area (Å²) in [6.07, 6.45) is 0. The van der Waals surface area contributed by atoms with E-state index >= 15 is 0 Å². The lowest BCUT2D eigenvalue weighted by molar-refractivity contribution is -2.00. The van der Waals surface area contributed by atoms with Gasteiger partial charge in [-0.3, -0.25) is 0 Å². The maximum Gasteiger partial charge on any atom is 0.219 e. The summed E-state index contributed by atoms with van der Waals surface area (Å²) in [6, 6.07) is 18.8.